The van der Waals surface area contributed by atoms with Crippen molar-refractivity contribution in [1.29, 1.82) is 0 Å². The van der Waals surface area contributed by atoms with Crippen molar-refractivity contribution in [2.24, 2.45) is 0 Å². The van der Waals surface area contributed by atoms with Crippen molar-refractivity contribution in [2.75, 3.05) is 40.4 Å². The Bertz CT molecular complexity index is 1160. The third-order valence-corrected chi connectivity index (χ3v) is 7.66. The van der Waals surface area contributed by atoms with Crippen LogP contribution in [0.2, 0.25) is 0 Å². The maximum Gasteiger partial charge on any atom is 0.573 e. The van der Waals surface area contributed by atoms with Crippen molar-refractivity contribution in [2.45, 2.75) is 63.3 Å². The number of hydrogen-bond donors (Lipinski definition) is 1. The second-order valence-corrected chi connectivity index (χ2v) is 10.5. The molecule has 42 heavy (non-hydrogen) atoms. The molecule has 0 bridgehead atoms. The number of rotatable bonds is 17. The molecule has 1 amide bonds. The Balaban J connectivity index is 1.56. The first-order chi connectivity index (χ1) is 20.1. The zero-order valence-corrected chi connectivity index (χ0v) is 24.4. The first kappa shape index (κ1) is 33.1. The number of likely N-dealkylation sites (tertiary alicyclic amines) is 1. The van der Waals surface area contributed by atoms with E-state index in [1.807, 2.05) is 0 Å². The number of hydrogen-bond acceptors (Lipinski definition) is 6. The van der Waals surface area contributed by atoms with Crippen molar-refractivity contribution >= 4 is 11.7 Å². The van der Waals surface area contributed by atoms with Crippen LogP contribution in [0.1, 0.15) is 67.3 Å². The number of nitrogens with one attached hydrogen (secondary N) is 1. The molecular formula is C32H41F3N2O5. The molecule has 7 nitrogen and oxygen atoms in total. The number of methoxy groups -OCH3 is 2. The highest BCUT2D eigenvalue weighted by molar-refractivity contribution is 5.96. The van der Waals surface area contributed by atoms with Crippen LogP contribution in [-0.4, -0.2) is 63.4 Å². The molecule has 0 aromatic heterocycles. The van der Waals surface area contributed by atoms with Crippen LogP contribution < -0.4 is 14.8 Å². The number of carbonyl (C=O) groups is 2. The van der Waals surface area contributed by atoms with E-state index >= 15 is 0 Å². The van der Waals surface area contributed by atoms with Crippen LogP contribution in [0.3, 0.4) is 0 Å². The topological polar surface area (TPSA) is 77.1 Å². The van der Waals surface area contributed by atoms with E-state index < -0.39 is 12.0 Å². The molecule has 0 spiro atoms. The molecule has 1 aliphatic rings. The summed E-state index contributed by atoms with van der Waals surface area (Å²) in [4.78, 5) is 27.5. The summed E-state index contributed by atoms with van der Waals surface area (Å²) in [6, 6.07) is 12.5. The van der Waals surface area contributed by atoms with E-state index in [-0.39, 0.29) is 30.4 Å². The summed E-state index contributed by atoms with van der Waals surface area (Å²) in [5.41, 5.74) is 0.797. The summed E-state index contributed by atoms with van der Waals surface area (Å²) in [5, 5.41) is 2.94. The first-order valence-corrected chi connectivity index (χ1v) is 14.3. The number of Topliss-reactive ketones (excluding diaryl/α,β-unsaturated/α-hetero) is 1. The quantitative estimate of drug-likeness (QED) is 0.130. The Labute approximate surface area is 246 Å². The summed E-state index contributed by atoms with van der Waals surface area (Å²) in [6.45, 7) is 7.17. The van der Waals surface area contributed by atoms with Crippen LogP contribution in [0.25, 0.3) is 0 Å². The lowest BCUT2D eigenvalue weighted by atomic mass is 9.84. The van der Waals surface area contributed by atoms with E-state index in [9.17, 15) is 22.8 Å². The Morgan fingerprint density at radius 3 is 2.10 bits per heavy atom. The molecule has 1 saturated heterocycles. The average Bonchev–Trinajstić information content (AvgIpc) is 3.50. The van der Waals surface area contributed by atoms with Gasteiger partial charge in [-0.2, -0.15) is 0 Å². The Kier molecular flexibility index (Phi) is 12.4. The third-order valence-electron chi connectivity index (χ3n) is 7.66. The van der Waals surface area contributed by atoms with Crippen molar-refractivity contribution < 1.29 is 37.0 Å². The van der Waals surface area contributed by atoms with E-state index in [1.54, 1.807) is 31.4 Å². The normalized spacial score (nSPS) is 15.2. The van der Waals surface area contributed by atoms with Gasteiger partial charge in [0.1, 0.15) is 17.1 Å². The minimum Gasteiger partial charge on any atom is -0.497 e. The summed E-state index contributed by atoms with van der Waals surface area (Å²) < 4.78 is 53.2. The fourth-order valence-electron chi connectivity index (χ4n) is 5.17. The number of alkyl halides is 3. The summed E-state index contributed by atoms with van der Waals surface area (Å²) in [5.74, 6) is 0.222. The lowest BCUT2D eigenvalue weighted by molar-refractivity contribution is -0.274. The molecule has 1 heterocycles. The van der Waals surface area contributed by atoms with Crippen LogP contribution in [0, 0.1) is 0 Å². The van der Waals surface area contributed by atoms with Gasteiger partial charge < -0.3 is 24.4 Å². The minimum absolute atomic E-state index is 0.0473. The van der Waals surface area contributed by atoms with Gasteiger partial charge in [0.15, 0.2) is 5.78 Å². The molecule has 230 valence electrons. The van der Waals surface area contributed by atoms with Gasteiger partial charge in [0, 0.05) is 32.1 Å². The van der Waals surface area contributed by atoms with Gasteiger partial charge >= 0.3 is 6.36 Å². The lowest BCUT2D eigenvalue weighted by Crippen LogP contribution is -2.44. The number of ether oxygens (including phenoxy) is 3. The highest BCUT2D eigenvalue weighted by atomic mass is 19.4. The number of ketones is 1. The Morgan fingerprint density at radius 2 is 1.50 bits per heavy atom. The van der Waals surface area contributed by atoms with E-state index in [1.165, 1.54) is 31.4 Å². The number of halogens is 3. The zero-order chi connectivity index (χ0) is 30.6. The number of nitrogens with zero attached hydrogens (tertiary/aromatic N) is 1. The maximum atomic E-state index is 12.8. The first-order valence-electron chi connectivity index (χ1n) is 14.3. The summed E-state index contributed by atoms with van der Waals surface area (Å²) in [7, 11) is 3.08. The molecule has 10 heteroatoms. The predicted octanol–water partition coefficient (Wildman–Crippen LogP) is 6.43. The van der Waals surface area contributed by atoms with Crippen LogP contribution in [0.15, 0.2) is 60.7 Å². The van der Waals surface area contributed by atoms with Gasteiger partial charge in [-0.15, -0.1) is 13.2 Å². The standard InChI is InChI=1S/C32H41F3N2O5/c1-24(19-22-37-20-7-8-21-37)31(41-3,26-13-17-28(18-14-26)42-32(33,34)35)23-36-30(39)10-6-4-5-9-29(38)25-11-15-27(40-2)16-12-25/h11-18H,1,4-10,19-23H2,2-3H3,(H,36,39). The van der Waals surface area contributed by atoms with Gasteiger partial charge in [-0.05, 0) is 92.7 Å². The molecule has 1 atom stereocenters. The maximum absolute atomic E-state index is 12.8. The molecule has 2 aromatic rings. The van der Waals surface area contributed by atoms with Crippen LogP contribution in [0.4, 0.5) is 13.2 Å². The number of benzene rings is 2. The van der Waals surface area contributed by atoms with E-state index in [2.05, 4.69) is 21.5 Å². The molecule has 1 fully saturated rings. The second-order valence-electron chi connectivity index (χ2n) is 10.5. The number of amides is 1. The minimum atomic E-state index is -4.80. The second kappa shape index (κ2) is 15.7. The summed E-state index contributed by atoms with van der Waals surface area (Å²) >= 11 is 0. The fourth-order valence-corrected chi connectivity index (χ4v) is 5.17. The zero-order valence-electron chi connectivity index (χ0n) is 24.4. The molecule has 0 saturated carbocycles. The number of carbonyl (C=O) groups excluding carboxylic acids is 2. The lowest BCUT2D eigenvalue weighted by Gasteiger charge is -2.36. The van der Waals surface area contributed by atoms with Gasteiger partial charge in [0.05, 0.1) is 13.7 Å². The Hall–Kier alpha value is -3.37. The fraction of sp³-hybridized carbons (Fsp3) is 0.500. The molecule has 1 unspecified atom stereocenters. The number of unbranched alkanes of at least 4 members (excludes halogenated alkanes) is 2. The molecule has 0 radical (unpaired) electrons. The largest absolute Gasteiger partial charge is 0.573 e. The Morgan fingerprint density at radius 1 is 0.881 bits per heavy atom. The van der Waals surface area contributed by atoms with Crippen molar-refractivity contribution in [3.63, 3.8) is 0 Å². The van der Waals surface area contributed by atoms with Crippen LogP contribution in [0.5, 0.6) is 11.5 Å². The molecule has 1 aliphatic heterocycles. The van der Waals surface area contributed by atoms with Gasteiger partial charge in [-0.25, -0.2) is 0 Å². The molecule has 2 aromatic carbocycles. The summed E-state index contributed by atoms with van der Waals surface area (Å²) in [6.07, 6.45) is 0.765. The third kappa shape index (κ3) is 9.87. The van der Waals surface area contributed by atoms with Crippen molar-refractivity contribution in [1.82, 2.24) is 10.2 Å². The van der Waals surface area contributed by atoms with Crippen LogP contribution >= 0.6 is 0 Å². The van der Waals surface area contributed by atoms with Gasteiger partial charge in [-0.1, -0.05) is 25.1 Å². The predicted molar refractivity (Wildman–Crippen MR) is 155 cm³/mol. The van der Waals surface area contributed by atoms with Crippen LogP contribution in [-0.2, 0) is 15.1 Å². The van der Waals surface area contributed by atoms with Crippen molar-refractivity contribution in [3.8, 4) is 11.5 Å². The SMILES string of the molecule is C=C(CCN1CCCC1)C(CNC(=O)CCCCCC(=O)c1ccc(OC)cc1)(OC)c1ccc(OC(F)(F)F)cc1. The molecular weight excluding hydrogens is 549 g/mol. The molecule has 0 aliphatic carbocycles. The average molecular weight is 591 g/mol. The van der Waals surface area contributed by atoms with Gasteiger partial charge in [0.25, 0.3) is 0 Å². The van der Waals surface area contributed by atoms with Gasteiger partial charge in [-0.3, -0.25) is 9.59 Å². The van der Waals surface area contributed by atoms with E-state index in [0.717, 1.165) is 38.0 Å². The van der Waals surface area contributed by atoms with E-state index in [4.69, 9.17) is 9.47 Å². The van der Waals surface area contributed by atoms with Crippen molar-refractivity contribution in [3.05, 3.63) is 71.8 Å². The molecule has 1 N–H and O–H groups in total. The molecule has 3 rings (SSSR count). The van der Waals surface area contributed by atoms with E-state index in [0.29, 0.717) is 49.0 Å². The monoisotopic (exact) mass is 590 g/mol. The smallest absolute Gasteiger partial charge is 0.497 e. The highest BCUT2D eigenvalue weighted by Gasteiger charge is 2.37. The van der Waals surface area contributed by atoms with Gasteiger partial charge in [0.2, 0.25) is 5.91 Å². The highest BCUT2D eigenvalue weighted by Crippen LogP contribution is 2.36.